The molecule has 4 aliphatic rings. The second kappa shape index (κ2) is 15.9. The summed E-state index contributed by atoms with van der Waals surface area (Å²) in [5, 5.41) is 5.03. The molecule has 2 heterocycles. The Bertz CT molecular complexity index is 3760. The number of pyridine rings is 2. The van der Waals surface area contributed by atoms with Gasteiger partial charge in [-0.05, 0) is 89.6 Å². The number of nitrogens with zero attached hydrogens (tertiary/aromatic N) is 2. The van der Waals surface area contributed by atoms with Gasteiger partial charge in [0.2, 0.25) is 0 Å². The molecule has 0 N–H and O–H groups in total. The van der Waals surface area contributed by atoms with Gasteiger partial charge < -0.3 is 9.97 Å². The number of benzene rings is 10. The van der Waals surface area contributed by atoms with E-state index in [1.807, 2.05) is 12.4 Å². The maximum absolute atomic E-state index is 4.89. The molecule has 0 amide bonds. The normalized spacial score (nSPS) is 13.7. The van der Waals surface area contributed by atoms with Crippen molar-refractivity contribution in [2.24, 2.45) is 0 Å². The Morgan fingerprint density at radius 3 is 1.03 bits per heavy atom. The van der Waals surface area contributed by atoms with Crippen LogP contribution in [0.4, 0.5) is 0 Å². The van der Waals surface area contributed by atoms with Gasteiger partial charge in [-0.3, -0.25) is 0 Å². The van der Waals surface area contributed by atoms with Crippen molar-refractivity contribution in [2.45, 2.75) is 10.8 Å². The molecule has 2 spiro atoms. The van der Waals surface area contributed by atoms with Crippen LogP contribution in [0.3, 0.4) is 0 Å². The van der Waals surface area contributed by atoms with Crippen LogP contribution in [0.15, 0.2) is 243 Å². The zero-order valence-electron chi connectivity index (χ0n) is 38.3. The Balaban J connectivity index is 0.000000131. The van der Waals surface area contributed by atoms with Crippen molar-refractivity contribution >= 4 is 21.5 Å². The zero-order chi connectivity index (χ0) is 46.0. The number of hydrogen-bond donors (Lipinski definition) is 0. The van der Waals surface area contributed by atoms with Gasteiger partial charge in [-0.15, -0.1) is 58.7 Å². The first-order valence-corrected chi connectivity index (χ1v) is 24.1. The molecule has 71 heavy (non-hydrogen) atoms. The summed E-state index contributed by atoms with van der Waals surface area (Å²) in [6.45, 7) is 0. The SMILES string of the molecule is [Pt+2].[c-]1cc(-c2cccc3ccccc23)cc2c1-c1ncccc1C21c2ccccc2-c2ccccc21.[c-]1cc(-c2cccc3ccccc23)cc2c1-c1ncccc1C21c2ccccc2-c2ccccc21. The fraction of sp³-hybridized carbons (Fsp3) is 0.0294. The van der Waals surface area contributed by atoms with Crippen molar-refractivity contribution in [3.63, 3.8) is 0 Å². The van der Waals surface area contributed by atoms with Crippen LogP contribution in [-0.2, 0) is 31.9 Å². The molecule has 0 radical (unpaired) electrons. The summed E-state index contributed by atoms with van der Waals surface area (Å²) in [5.74, 6) is 0. The van der Waals surface area contributed by atoms with Gasteiger partial charge in [-0.2, -0.15) is 0 Å². The molecule has 3 heteroatoms. The molecule has 0 fully saturated rings. The van der Waals surface area contributed by atoms with Crippen LogP contribution < -0.4 is 0 Å². The van der Waals surface area contributed by atoms with Gasteiger partial charge in [-0.25, -0.2) is 0 Å². The topological polar surface area (TPSA) is 25.8 Å². The van der Waals surface area contributed by atoms with Gasteiger partial charge in [0.25, 0.3) is 0 Å². The summed E-state index contributed by atoms with van der Waals surface area (Å²) in [5.41, 5.74) is 24.0. The predicted molar refractivity (Wildman–Crippen MR) is 285 cm³/mol. The van der Waals surface area contributed by atoms with Crippen LogP contribution >= 0.6 is 0 Å². The molecule has 0 atom stereocenters. The molecule has 10 aromatic carbocycles. The van der Waals surface area contributed by atoms with E-state index in [-0.39, 0.29) is 31.9 Å². The van der Waals surface area contributed by atoms with Crippen molar-refractivity contribution in [1.29, 1.82) is 0 Å². The maximum Gasteiger partial charge on any atom is 2.00 e. The van der Waals surface area contributed by atoms with E-state index < -0.39 is 0 Å². The molecule has 12 aromatic rings. The first-order valence-electron chi connectivity index (χ1n) is 24.1. The van der Waals surface area contributed by atoms with Crippen molar-refractivity contribution < 1.29 is 21.1 Å². The van der Waals surface area contributed by atoms with E-state index in [0.717, 1.165) is 22.5 Å². The van der Waals surface area contributed by atoms with Crippen LogP contribution in [0.5, 0.6) is 0 Å². The van der Waals surface area contributed by atoms with Crippen molar-refractivity contribution in [2.75, 3.05) is 0 Å². The van der Waals surface area contributed by atoms with Gasteiger partial charge >= 0.3 is 21.1 Å². The molecule has 16 rings (SSSR count). The van der Waals surface area contributed by atoms with Crippen LogP contribution in [0.1, 0.15) is 44.5 Å². The standard InChI is InChI=1S/2C34H20N.Pt/c2*1-2-11-24-22(9-1)10-7-14-25(24)23-18-19-28-32(21-23)34(31-17-8-20-35-33(28)31)29-15-5-3-12-26(29)27-13-4-6-16-30(27)34;/h2*1-18,20-21H;/q2*-1;+2. The molecule has 2 nitrogen and oxygen atoms in total. The van der Waals surface area contributed by atoms with E-state index in [9.17, 15) is 0 Å². The number of fused-ring (bicyclic) bond motifs is 22. The number of hydrogen-bond acceptors (Lipinski definition) is 2. The molecule has 0 aliphatic heterocycles. The molecule has 4 aliphatic carbocycles. The van der Waals surface area contributed by atoms with Gasteiger partial charge in [-0.1, -0.05) is 228 Å². The smallest absolute Gasteiger partial charge is 0.304 e. The third-order valence-electron chi connectivity index (χ3n) is 15.7. The monoisotopic (exact) mass is 1080 g/mol. The van der Waals surface area contributed by atoms with Crippen molar-refractivity contribution in [3.8, 4) is 67.0 Å². The van der Waals surface area contributed by atoms with Crippen molar-refractivity contribution in [1.82, 2.24) is 9.97 Å². The van der Waals surface area contributed by atoms with Crippen LogP contribution in [0, 0.1) is 12.1 Å². The quantitative estimate of drug-likeness (QED) is 0.161. The Hall–Kier alpha value is -8.29. The second-order valence-electron chi connectivity index (χ2n) is 18.9. The third kappa shape index (κ3) is 5.63. The fourth-order valence-corrected chi connectivity index (χ4v) is 13.0. The third-order valence-corrected chi connectivity index (χ3v) is 15.7. The Morgan fingerprint density at radius 2 is 0.620 bits per heavy atom. The molecule has 0 saturated carbocycles. The van der Waals surface area contributed by atoms with Gasteiger partial charge in [0, 0.05) is 23.2 Å². The van der Waals surface area contributed by atoms with E-state index >= 15 is 0 Å². The second-order valence-corrected chi connectivity index (χ2v) is 18.9. The summed E-state index contributed by atoms with van der Waals surface area (Å²) in [6.07, 6.45) is 3.81. The average molecular weight is 1080 g/mol. The van der Waals surface area contributed by atoms with Gasteiger partial charge in [0.05, 0.1) is 0 Å². The molecule has 0 unspecified atom stereocenters. The minimum Gasteiger partial charge on any atom is -0.304 e. The van der Waals surface area contributed by atoms with E-state index in [4.69, 9.17) is 9.97 Å². The predicted octanol–water partition coefficient (Wildman–Crippen LogP) is 16.1. The Morgan fingerprint density at radius 1 is 0.296 bits per heavy atom. The van der Waals surface area contributed by atoms with E-state index in [0.29, 0.717) is 0 Å². The van der Waals surface area contributed by atoms with Crippen molar-refractivity contribution in [3.05, 3.63) is 300 Å². The fourth-order valence-electron chi connectivity index (χ4n) is 13.0. The molecule has 0 saturated heterocycles. The van der Waals surface area contributed by atoms with E-state index in [1.54, 1.807) is 0 Å². The van der Waals surface area contributed by atoms with Crippen LogP contribution in [-0.4, -0.2) is 9.97 Å². The summed E-state index contributed by atoms with van der Waals surface area (Å²) in [6, 6.07) is 90.9. The van der Waals surface area contributed by atoms with E-state index in [1.165, 1.54) is 111 Å². The molecule has 2 aromatic heterocycles. The number of rotatable bonds is 2. The molecular weight excluding hydrogens is 1040 g/mol. The first kappa shape index (κ1) is 41.7. The summed E-state index contributed by atoms with van der Waals surface area (Å²) in [7, 11) is 0. The van der Waals surface area contributed by atoms with E-state index in [2.05, 4.69) is 243 Å². The summed E-state index contributed by atoms with van der Waals surface area (Å²) in [4.78, 5) is 9.77. The number of aromatic nitrogens is 2. The minimum atomic E-state index is -0.386. The Labute approximate surface area is 427 Å². The van der Waals surface area contributed by atoms with Gasteiger partial charge in [0.1, 0.15) is 0 Å². The maximum atomic E-state index is 4.89. The minimum absolute atomic E-state index is 0. The first-order chi connectivity index (χ1) is 34.7. The van der Waals surface area contributed by atoms with Crippen LogP contribution in [0.2, 0.25) is 0 Å². The molecular formula is C68H40N2Pt. The van der Waals surface area contributed by atoms with Crippen LogP contribution in [0.25, 0.3) is 88.6 Å². The largest absolute Gasteiger partial charge is 2.00 e. The summed E-state index contributed by atoms with van der Waals surface area (Å²) < 4.78 is 0. The summed E-state index contributed by atoms with van der Waals surface area (Å²) >= 11 is 0. The molecule has 0 bridgehead atoms. The van der Waals surface area contributed by atoms with Gasteiger partial charge in [0.15, 0.2) is 0 Å². The average Bonchev–Trinajstić information content (AvgIpc) is 4.13. The molecule has 332 valence electrons. The Kier molecular flexibility index (Phi) is 9.31. The zero-order valence-corrected chi connectivity index (χ0v) is 40.6.